The van der Waals surface area contributed by atoms with Gasteiger partial charge in [0.15, 0.2) is 0 Å². The van der Waals surface area contributed by atoms with E-state index in [1.807, 2.05) is 19.9 Å². The smallest absolute Gasteiger partial charge is 0.253 e. The minimum atomic E-state index is -3.75. The van der Waals surface area contributed by atoms with Crippen molar-refractivity contribution in [2.45, 2.75) is 71.4 Å². The highest BCUT2D eigenvalue weighted by Crippen LogP contribution is 2.26. The highest BCUT2D eigenvalue weighted by atomic mass is 32.2. The van der Waals surface area contributed by atoms with Crippen LogP contribution in [0.25, 0.3) is 0 Å². The third kappa shape index (κ3) is 6.17. The molecule has 2 amide bonds. The average Bonchev–Trinajstić information content (AvgIpc) is 2.79. The fourth-order valence-electron chi connectivity index (χ4n) is 4.44. The Morgan fingerprint density at radius 1 is 1.03 bits per heavy atom. The van der Waals surface area contributed by atoms with E-state index >= 15 is 0 Å². The van der Waals surface area contributed by atoms with E-state index in [1.165, 1.54) is 10.7 Å². The minimum Gasteiger partial charge on any atom is -0.349 e. The van der Waals surface area contributed by atoms with Crippen molar-refractivity contribution in [2.75, 3.05) is 15.9 Å². The van der Waals surface area contributed by atoms with E-state index in [2.05, 4.69) is 10.6 Å². The van der Waals surface area contributed by atoms with E-state index in [0.717, 1.165) is 43.1 Å². The summed E-state index contributed by atoms with van der Waals surface area (Å²) in [5.41, 5.74) is 3.15. The monoisotopic (exact) mass is 485 g/mol. The summed E-state index contributed by atoms with van der Waals surface area (Å²) in [5.74, 6) is -0.714. The number of hydrogen-bond acceptors (Lipinski definition) is 4. The van der Waals surface area contributed by atoms with Crippen LogP contribution in [0.5, 0.6) is 0 Å². The number of carbonyl (C=O) groups is 2. The molecule has 1 unspecified atom stereocenters. The molecule has 2 aromatic rings. The van der Waals surface area contributed by atoms with Gasteiger partial charge >= 0.3 is 0 Å². The number of sulfonamides is 1. The van der Waals surface area contributed by atoms with E-state index < -0.39 is 22.0 Å². The van der Waals surface area contributed by atoms with Crippen LogP contribution in [0.2, 0.25) is 0 Å². The van der Waals surface area contributed by atoms with Crippen molar-refractivity contribution < 1.29 is 18.0 Å². The molecule has 0 heterocycles. The van der Waals surface area contributed by atoms with Crippen molar-refractivity contribution in [2.24, 2.45) is 0 Å². The lowest BCUT2D eigenvalue weighted by Gasteiger charge is -2.30. The zero-order chi connectivity index (χ0) is 24.9. The molecular formula is C26H35N3O4S. The number of amides is 2. The lowest BCUT2D eigenvalue weighted by Crippen LogP contribution is -2.47. The predicted octanol–water partition coefficient (Wildman–Crippen LogP) is 4.55. The van der Waals surface area contributed by atoms with Crippen molar-refractivity contribution in [3.63, 3.8) is 0 Å². The van der Waals surface area contributed by atoms with Crippen LogP contribution in [0, 0.1) is 13.8 Å². The molecular weight excluding hydrogens is 450 g/mol. The van der Waals surface area contributed by atoms with Gasteiger partial charge in [-0.15, -0.1) is 0 Å². The van der Waals surface area contributed by atoms with Gasteiger partial charge in [-0.1, -0.05) is 44.4 Å². The topological polar surface area (TPSA) is 95.6 Å². The van der Waals surface area contributed by atoms with Crippen LogP contribution in [0.3, 0.4) is 0 Å². The van der Waals surface area contributed by atoms with Crippen molar-refractivity contribution in [1.29, 1.82) is 0 Å². The fourth-order valence-corrected chi connectivity index (χ4v) is 5.64. The van der Waals surface area contributed by atoms with Crippen LogP contribution in [0.1, 0.15) is 66.9 Å². The molecule has 0 bridgehead atoms. The van der Waals surface area contributed by atoms with Crippen LogP contribution in [-0.4, -0.2) is 38.6 Å². The Balaban J connectivity index is 1.86. The summed E-state index contributed by atoms with van der Waals surface area (Å²) in [5, 5.41) is 5.90. The van der Waals surface area contributed by atoms with Crippen LogP contribution in [0.15, 0.2) is 42.5 Å². The quantitative estimate of drug-likeness (QED) is 0.573. The zero-order valence-electron chi connectivity index (χ0n) is 20.4. The number of nitrogens with zero attached hydrogens (tertiary/aromatic N) is 1. The first-order valence-corrected chi connectivity index (χ1v) is 13.7. The van der Waals surface area contributed by atoms with Crippen LogP contribution >= 0.6 is 0 Å². The summed E-state index contributed by atoms with van der Waals surface area (Å²) in [6, 6.07) is 11.3. The Hall–Kier alpha value is -2.87. The first kappa shape index (κ1) is 25.7. The number of para-hydroxylation sites is 1. The van der Waals surface area contributed by atoms with Crippen LogP contribution < -0.4 is 14.9 Å². The molecule has 1 aliphatic rings. The van der Waals surface area contributed by atoms with Crippen molar-refractivity contribution >= 4 is 33.2 Å². The summed E-state index contributed by atoms with van der Waals surface area (Å²) in [7, 11) is -3.75. The summed E-state index contributed by atoms with van der Waals surface area (Å²) >= 11 is 0. The summed E-state index contributed by atoms with van der Waals surface area (Å²) < 4.78 is 26.7. The second-order valence-corrected chi connectivity index (χ2v) is 11.0. The molecule has 0 saturated heterocycles. The molecule has 1 aliphatic carbocycles. The maximum Gasteiger partial charge on any atom is 0.253 e. The molecule has 7 nitrogen and oxygen atoms in total. The van der Waals surface area contributed by atoms with E-state index in [-0.39, 0.29) is 18.4 Å². The van der Waals surface area contributed by atoms with Crippen molar-refractivity contribution in [3.8, 4) is 0 Å². The van der Waals surface area contributed by atoms with Gasteiger partial charge in [-0.3, -0.25) is 13.9 Å². The largest absolute Gasteiger partial charge is 0.349 e. The molecule has 0 spiro atoms. The van der Waals surface area contributed by atoms with Gasteiger partial charge in [-0.2, -0.15) is 0 Å². The number of anilines is 2. The van der Waals surface area contributed by atoms with E-state index in [4.69, 9.17) is 0 Å². The summed E-state index contributed by atoms with van der Waals surface area (Å²) in [6.07, 6.45) is 6.66. The normalized spacial score (nSPS) is 15.4. The maximum atomic E-state index is 13.4. The Labute approximate surface area is 203 Å². The standard InChI is InChI=1S/C26H35N3O4S/c1-5-24(29(34(4,32)33)21-16-15-18(2)19(3)17-21)26(31)28-23-14-10-9-13-22(23)25(30)27-20-11-7-6-8-12-20/h9-10,13-17,20,24H,5-8,11-12H2,1-4H3,(H,27,30)(H,28,31). The molecule has 3 rings (SSSR count). The minimum absolute atomic E-state index is 0.138. The van der Waals surface area contributed by atoms with E-state index in [0.29, 0.717) is 16.9 Å². The zero-order valence-corrected chi connectivity index (χ0v) is 21.2. The number of carbonyl (C=O) groups excluding carboxylic acids is 2. The first-order chi connectivity index (χ1) is 16.1. The van der Waals surface area contributed by atoms with Gasteiger partial charge in [0, 0.05) is 6.04 Å². The third-order valence-electron chi connectivity index (χ3n) is 6.44. The summed E-state index contributed by atoms with van der Waals surface area (Å²) in [4.78, 5) is 26.3. The second-order valence-electron chi connectivity index (χ2n) is 9.09. The first-order valence-electron chi connectivity index (χ1n) is 11.9. The number of benzene rings is 2. The predicted molar refractivity (Wildman–Crippen MR) is 137 cm³/mol. The van der Waals surface area contributed by atoms with Crippen molar-refractivity contribution in [3.05, 3.63) is 59.2 Å². The van der Waals surface area contributed by atoms with Gasteiger partial charge < -0.3 is 10.6 Å². The fraction of sp³-hybridized carbons (Fsp3) is 0.462. The third-order valence-corrected chi connectivity index (χ3v) is 7.62. The lowest BCUT2D eigenvalue weighted by atomic mass is 9.95. The molecule has 1 atom stereocenters. The molecule has 184 valence electrons. The Kier molecular flexibility index (Phi) is 8.36. The van der Waals surface area contributed by atoms with Gasteiger partial charge in [-0.25, -0.2) is 8.42 Å². The Bertz CT molecular complexity index is 1140. The van der Waals surface area contributed by atoms with Crippen molar-refractivity contribution in [1.82, 2.24) is 5.32 Å². The van der Waals surface area contributed by atoms with Gasteiger partial charge in [0.05, 0.1) is 23.2 Å². The second kappa shape index (κ2) is 11.0. The Morgan fingerprint density at radius 3 is 2.32 bits per heavy atom. The summed E-state index contributed by atoms with van der Waals surface area (Å²) in [6.45, 7) is 5.62. The molecule has 8 heteroatoms. The Morgan fingerprint density at radius 2 is 1.71 bits per heavy atom. The molecule has 2 aromatic carbocycles. The molecule has 0 aromatic heterocycles. The van der Waals surface area contributed by atoms with Crippen LogP contribution in [0.4, 0.5) is 11.4 Å². The van der Waals surface area contributed by atoms with Gasteiger partial charge in [-0.05, 0) is 68.5 Å². The maximum absolute atomic E-state index is 13.4. The molecule has 1 saturated carbocycles. The number of aryl methyl sites for hydroxylation is 2. The lowest BCUT2D eigenvalue weighted by molar-refractivity contribution is -0.117. The molecule has 0 radical (unpaired) electrons. The molecule has 2 N–H and O–H groups in total. The number of rotatable bonds is 8. The molecule has 34 heavy (non-hydrogen) atoms. The van der Waals surface area contributed by atoms with Crippen LogP contribution in [-0.2, 0) is 14.8 Å². The van der Waals surface area contributed by atoms with E-state index in [9.17, 15) is 18.0 Å². The van der Waals surface area contributed by atoms with Gasteiger partial charge in [0.25, 0.3) is 5.91 Å². The highest BCUT2D eigenvalue weighted by molar-refractivity contribution is 7.92. The van der Waals surface area contributed by atoms with E-state index in [1.54, 1.807) is 43.3 Å². The number of nitrogens with one attached hydrogen (secondary N) is 2. The molecule has 1 fully saturated rings. The number of hydrogen-bond donors (Lipinski definition) is 2. The van der Waals surface area contributed by atoms with Gasteiger partial charge in [0.1, 0.15) is 6.04 Å². The average molecular weight is 486 g/mol. The molecule has 0 aliphatic heterocycles. The van der Waals surface area contributed by atoms with Gasteiger partial charge in [0.2, 0.25) is 15.9 Å². The highest BCUT2D eigenvalue weighted by Gasteiger charge is 2.32. The SMILES string of the molecule is CCC(C(=O)Nc1ccccc1C(=O)NC1CCCCC1)N(c1ccc(C)c(C)c1)S(C)(=O)=O.